The summed E-state index contributed by atoms with van der Waals surface area (Å²) in [7, 11) is 1.74. The van der Waals surface area contributed by atoms with E-state index in [0.29, 0.717) is 6.04 Å². The van der Waals surface area contributed by atoms with Gasteiger partial charge in [-0.1, -0.05) is 36.4 Å². The fourth-order valence-electron chi connectivity index (χ4n) is 3.80. The van der Waals surface area contributed by atoms with Crippen molar-refractivity contribution in [2.75, 3.05) is 39.9 Å². The van der Waals surface area contributed by atoms with E-state index in [0.717, 1.165) is 70.4 Å². The molecule has 3 rings (SSSR count). The highest BCUT2D eigenvalue weighted by atomic mass is 16.5. The number of ether oxygens (including phenoxy) is 1. The molecule has 7 nitrogen and oxygen atoms in total. The van der Waals surface area contributed by atoms with Crippen molar-refractivity contribution in [3.05, 3.63) is 95.6 Å². The zero-order chi connectivity index (χ0) is 24.6. The fraction of sp³-hybridized carbons (Fsp3) is 0.429. The van der Waals surface area contributed by atoms with Crippen LogP contribution >= 0.6 is 0 Å². The van der Waals surface area contributed by atoms with E-state index in [2.05, 4.69) is 74.1 Å². The van der Waals surface area contributed by atoms with Gasteiger partial charge in [0.15, 0.2) is 0 Å². The molecule has 35 heavy (non-hydrogen) atoms. The molecule has 2 aromatic heterocycles. The molecular weight excluding hydrogens is 436 g/mol. The van der Waals surface area contributed by atoms with E-state index in [1.54, 1.807) is 7.11 Å². The molecule has 0 saturated carbocycles. The first kappa shape index (κ1) is 26.9. The van der Waals surface area contributed by atoms with Crippen molar-refractivity contribution < 1.29 is 4.74 Å². The third kappa shape index (κ3) is 11.1. The molecule has 1 aromatic carbocycles. The molecule has 3 aromatic rings. The normalized spacial score (nSPS) is 12.2. The Kier molecular flexibility index (Phi) is 12.4. The maximum absolute atomic E-state index is 5.20. The Morgan fingerprint density at radius 3 is 1.86 bits per heavy atom. The van der Waals surface area contributed by atoms with Crippen molar-refractivity contribution in [1.29, 1.82) is 0 Å². The van der Waals surface area contributed by atoms with Gasteiger partial charge in [-0.15, -0.1) is 0 Å². The van der Waals surface area contributed by atoms with Crippen LogP contribution in [0.5, 0.6) is 0 Å². The molecule has 0 saturated heterocycles. The van der Waals surface area contributed by atoms with Gasteiger partial charge in [-0.25, -0.2) is 0 Å². The lowest BCUT2D eigenvalue weighted by Gasteiger charge is -2.23. The summed E-state index contributed by atoms with van der Waals surface area (Å²) >= 11 is 0. The summed E-state index contributed by atoms with van der Waals surface area (Å²) in [5.41, 5.74) is 4.76. The second-order valence-corrected chi connectivity index (χ2v) is 8.83. The van der Waals surface area contributed by atoms with E-state index in [1.165, 1.54) is 11.1 Å². The van der Waals surface area contributed by atoms with Gasteiger partial charge in [0.2, 0.25) is 0 Å². The van der Waals surface area contributed by atoms with Crippen molar-refractivity contribution in [2.45, 2.75) is 39.1 Å². The van der Waals surface area contributed by atoms with E-state index in [9.17, 15) is 0 Å². The van der Waals surface area contributed by atoms with Gasteiger partial charge in [0.05, 0.1) is 18.0 Å². The summed E-state index contributed by atoms with van der Waals surface area (Å²) in [5, 5.41) is 10.5. The summed E-state index contributed by atoms with van der Waals surface area (Å²) in [6.45, 7) is 9.97. The van der Waals surface area contributed by atoms with Crippen LogP contribution in [-0.2, 0) is 30.9 Å². The molecule has 3 N–H and O–H groups in total. The smallest absolute Gasteiger partial charge is 0.0613 e. The van der Waals surface area contributed by atoms with Crippen LogP contribution in [0.25, 0.3) is 0 Å². The lowest BCUT2D eigenvalue weighted by Crippen LogP contribution is -2.36. The lowest BCUT2D eigenvalue weighted by atomic mass is 10.1. The number of pyridine rings is 2. The van der Waals surface area contributed by atoms with Crippen LogP contribution in [0, 0.1) is 0 Å². The maximum Gasteiger partial charge on any atom is 0.0613 e. The number of methoxy groups -OCH3 is 1. The van der Waals surface area contributed by atoms with Crippen LogP contribution in [0.4, 0.5) is 0 Å². The molecule has 0 radical (unpaired) electrons. The fourth-order valence-corrected chi connectivity index (χ4v) is 3.80. The Labute approximate surface area is 210 Å². The van der Waals surface area contributed by atoms with E-state index in [-0.39, 0.29) is 0 Å². The van der Waals surface area contributed by atoms with E-state index in [1.807, 2.05) is 36.7 Å². The molecular formula is C28H40N6O. The van der Waals surface area contributed by atoms with Crippen LogP contribution in [0.15, 0.2) is 73.1 Å². The molecule has 0 aliphatic rings. The number of benzene rings is 1. The van der Waals surface area contributed by atoms with Crippen LogP contribution in [0.2, 0.25) is 0 Å². The minimum Gasteiger partial charge on any atom is -0.383 e. The summed E-state index contributed by atoms with van der Waals surface area (Å²) in [4.78, 5) is 11.3. The summed E-state index contributed by atoms with van der Waals surface area (Å²) in [6, 6.07) is 21.3. The Balaban J connectivity index is 1.47. The number of nitrogens with zero attached hydrogens (tertiary/aromatic N) is 3. The number of nitrogens with one attached hydrogen (secondary N) is 3. The van der Waals surface area contributed by atoms with Gasteiger partial charge < -0.3 is 20.7 Å². The van der Waals surface area contributed by atoms with Gasteiger partial charge in [0, 0.05) is 77.9 Å². The molecule has 0 aliphatic heterocycles. The van der Waals surface area contributed by atoms with Crippen molar-refractivity contribution in [2.24, 2.45) is 0 Å². The first-order valence-electron chi connectivity index (χ1n) is 12.5. The van der Waals surface area contributed by atoms with Crippen LogP contribution in [0.3, 0.4) is 0 Å². The Morgan fingerprint density at radius 2 is 1.34 bits per heavy atom. The molecule has 1 unspecified atom stereocenters. The maximum atomic E-state index is 5.20. The Bertz CT molecular complexity index is 876. The third-order valence-electron chi connectivity index (χ3n) is 5.77. The monoisotopic (exact) mass is 476 g/mol. The number of hydrogen-bond acceptors (Lipinski definition) is 7. The van der Waals surface area contributed by atoms with Gasteiger partial charge >= 0.3 is 0 Å². The molecule has 0 fully saturated rings. The largest absolute Gasteiger partial charge is 0.383 e. The van der Waals surface area contributed by atoms with Crippen molar-refractivity contribution in [3.8, 4) is 0 Å². The lowest BCUT2D eigenvalue weighted by molar-refractivity contribution is 0.171. The molecule has 0 amide bonds. The average Bonchev–Trinajstić information content (AvgIpc) is 2.90. The number of rotatable bonds is 17. The Hall–Kier alpha value is -2.68. The number of hydrogen-bond donors (Lipinski definition) is 3. The molecule has 2 heterocycles. The Morgan fingerprint density at radius 1 is 0.771 bits per heavy atom. The number of aromatic nitrogens is 2. The summed E-state index contributed by atoms with van der Waals surface area (Å²) in [6.07, 6.45) is 3.68. The van der Waals surface area contributed by atoms with E-state index in [4.69, 9.17) is 4.74 Å². The molecule has 0 spiro atoms. The van der Waals surface area contributed by atoms with Gasteiger partial charge in [0.25, 0.3) is 0 Å². The molecule has 7 heteroatoms. The van der Waals surface area contributed by atoms with Crippen molar-refractivity contribution in [1.82, 2.24) is 30.8 Å². The zero-order valence-corrected chi connectivity index (χ0v) is 21.1. The van der Waals surface area contributed by atoms with Crippen molar-refractivity contribution >= 4 is 0 Å². The summed E-state index contributed by atoms with van der Waals surface area (Å²) < 4.78 is 5.20. The first-order chi connectivity index (χ1) is 17.2. The third-order valence-corrected chi connectivity index (χ3v) is 5.77. The van der Waals surface area contributed by atoms with E-state index >= 15 is 0 Å². The minimum atomic E-state index is 0.340. The summed E-state index contributed by atoms with van der Waals surface area (Å²) in [5.74, 6) is 0. The highest BCUT2D eigenvalue weighted by Gasteiger charge is 2.07. The molecule has 0 bridgehead atoms. The SMILES string of the molecule is COCC(C)NCc1ccc(CN(CCNCc2ccccn2)CCNCc2ccccn2)cc1. The molecule has 188 valence electrons. The van der Waals surface area contributed by atoms with Crippen LogP contribution in [-0.4, -0.2) is 60.8 Å². The molecule has 1 atom stereocenters. The average molecular weight is 477 g/mol. The van der Waals surface area contributed by atoms with E-state index < -0.39 is 0 Å². The second-order valence-electron chi connectivity index (χ2n) is 8.83. The highest BCUT2D eigenvalue weighted by molar-refractivity contribution is 5.22. The standard InChI is InChI=1S/C28H40N6O/c1-24(23-35-2)33-19-25-9-11-26(12-10-25)22-34(17-15-29-20-27-7-3-5-13-31-27)18-16-30-21-28-8-4-6-14-32-28/h3-14,24,29-30,33H,15-23H2,1-2H3. The topological polar surface area (TPSA) is 74.3 Å². The van der Waals surface area contributed by atoms with Gasteiger partial charge in [-0.05, 0) is 42.3 Å². The molecule has 0 aliphatic carbocycles. The van der Waals surface area contributed by atoms with Gasteiger partial charge in [-0.3, -0.25) is 14.9 Å². The van der Waals surface area contributed by atoms with Crippen molar-refractivity contribution in [3.63, 3.8) is 0 Å². The second kappa shape index (κ2) is 16.1. The predicted octanol–water partition coefficient (Wildman–Crippen LogP) is 2.98. The van der Waals surface area contributed by atoms with Gasteiger partial charge in [-0.2, -0.15) is 0 Å². The quantitative estimate of drug-likeness (QED) is 0.259. The predicted molar refractivity (Wildman–Crippen MR) is 142 cm³/mol. The first-order valence-corrected chi connectivity index (χ1v) is 12.5. The van der Waals surface area contributed by atoms with Gasteiger partial charge in [0.1, 0.15) is 0 Å². The van der Waals surface area contributed by atoms with Crippen LogP contribution in [0.1, 0.15) is 29.4 Å². The van der Waals surface area contributed by atoms with Crippen LogP contribution < -0.4 is 16.0 Å². The minimum absolute atomic E-state index is 0.340. The zero-order valence-electron chi connectivity index (χ0n) is 21.1. The highest BCUT2D eigenvalue weighted by Crippen LogP contribution is 2.08.